The molecule has 2 heterocycles. The Labute approximate surface area is 149 Å². The molecule has 0 atom stereocenters. The number of carbonyl (C=O) groups excluding carboxylic acids is 1. The number of aryl methyl sites for hydroxylation is 1. The average Bonchev–Trinajstić information content (AvgIpc) is 3.15. The number of benzene rings is 1. The zero-order valence-corrected chi connectivity index (χ0v) is 15.3. The predicted octanol–water partition coefficient (Wildman–Crippen LogP) is 4.36. The summed E-state index contributed by atoms with van der Waals surface area (Å²) in [5.41, 5.74) is 0.988. The summed E-state index contributed by atoms with van der Waals surface area (Å²) in [6, 6.07) is 11.4. The van der Waals surface area contributed by atoms with E-state index in [-0.39, 0.29) is 12.5 Å². The number of halogens is 1. The molecule has 23 heavy (non-hydrogen) atoms. The van der Waals surface area contributed by atoms with Crippen LogP contribution < -0.4 is 10.1 Å². The summed E-state index contributed by atoms with van der Waals surface area (Å²) in [5, 5.41) is 3.16. The van der Waals surface area contributed by atoms with Crippen molar-refractivity contribution in [3.63, 3.8) is 0 Å². The average molecular weight is 410 g/mol. The first-order valence-corrected chi connectivity index (χ1v) is 9.08. The molecule has 0 saturated carbocycles. The second kappa shape index (κ2) is 7.20. The van der Waals surface area contributed by atoms with E-state index in [1.807, 2.05) is 43.3 Å². The van der Waals surface area contributed by atoms with Gasteiger partial charge in [-0.05, 0) is 46.6 Å². The number of amides is 1. The van der Waals surface area contributed by atoms with E-state index in [0.717, 1.165) is 25.8 Å². The number of para-hydroxylation sites is 1. The van der Waals surface area contributed by atoms with Crippen molar-refractivity contribution in [1.82, 2.24) is 9.36 Å². The number of aromatic nitrogens is 2. The quantitative estimate of drug-likeness (QED) is 0.679. The predicted molar refractivity (Wildman–Crippen MR) is 96.2 cm³/mol. The van der Waals surface area contributed by atoms with Crippen molar-refractivity contribution in [2.24, 2.45) is 0 Å². The van der Waals surface area contributed by atoms with E-state index in [2.05, 4.69) is 30.6 Å². The van der Waals surface area contributed by atoms with E-state index in [1.165, 1.54) is 0 Å². The van der Waals surface area contributed by atoms with Gasteiger partial charge >= 0.3 is 0 Å². The first-order chi connectivity index (χ1) is 11.1. The first-order valence-electron chi connectivity index (χ1n) is 6.69. The third-order valence-corrected chi connectivity index (χ3v) is 5.17. The molecule has 0 aliphatic heterocycles. The summed E-state index contributed by atoms with van der Waals surface area (Å²) in [5.74, 6) is 1.05. The lowest BCUT2D eigenvalue weighted by atomic mass is 10.2. The Hall–Kier alpha value is -1.77. The van der Waals surface area contributed by atoms with Crippen molar-refractivity contribution in [3.05, 3.63) is 45.7 Å². The molecule has 3 rings (SSSR count). The maximum absolute atomic E-state index is 11.9. The van der Waals surface area contributed by atoms with Crippen LogP contribution in [0.4, 0.5) is 5.13 Å². The molecule has 1 aromatic carbocycles. The largest absolute Gasteiger partial charge is 0.483 e. The Morgan fingerprint density at radius 3 is 2.87 bits per heavy atom. The monoisotopic (exact) mass is 409 g/mol. The summed E-state index contributed by atoms with van der Waals surface area (Å²) in [4.78, 5) is 17.2. The fraction of sp³-hybridized carbons (Fsp3) is 0.133. The van der Waals surface area contributed by atoms with Gasteiger partial charge in [-0.3, -0.25) is 10.1 Å². The summed E-state index contributed by atoms with van der Waals surface area (Å²) >= 11 is 6.10. The van der Waals surface area contributed by atoms with Crippen LogP contribution in [0.3, 0.4) is 0 Å². The second-order valence-corrected chi connectivity index (χ2v) is 7.84. The van der Waals surface area contributed by atoms with Gasteiger partial charge in [0.05, 0.1) is 8.66 Å². The minimum Gasteiger partial charge on any atom is -0.483 e. The Bertz CT molecular complexity index is 832. The minimum absolute atomic E-state index is 0.0652. The highest BCUT2D eigenvalue weighted by Gasteiger charge is 2.12. The molecule has 2 aromatic heterocycles. The van der Waals surface area contributed by atoms with Gasteiger partial charge in [-0.2, -0.15) is 9.36 Å². The Morgan fingerprint density at radius 1 is 1.30 bits per heavy atom. The number of rotatable bonds is 5. The molecule has 3 aromatic rings. The number of hydrogen-bond donors (Lipinski definition) is 1. The summed E-state index contributed by atoms with van der Waals surface area (Å²) < 4.78 is 10.8. The summed E-state index contributed by atoms with van der Waals surface area (Å²) in [6.07, 6.45) is 0. The van der Waals surface area contributed by atoms with Crippen LogP contribution in [0.25, 0.3) is 10.7 Å². The molecular formula is C15H12BrN3O2S2. The van der Waals surface area contributed by atoms with Crippen molar-refractivity contribution in [1.29, 1.82) is 0 Å². The van der Waals surface area contributed by atoms with Crippen molar-refractivity contribution in [2.75, 3.05) is 11.9 Å². The highest BCUT2D eigenvalue weighted by molar-refractivity contribution is 9.11. The normalized spacial score (nSPS) is 10.5. The van der Waals surface area contributed by atoms with Gasteiger partial charge < -0.3 is 4.74 Å². The Morgan fingerprint density at radius 2 is 2.13 bits per heavy atom. The SMILES string of the molecule is Cc1ccccc1OCC(=O)Nc1nc(-c2ccc(Br)s2)ns1. The van der Waals surface area contributed by atoms with E-state index in [1.54, 1.807) is 11.3 Å². The Balaban J connectivity index is 1.58. The topological polar surface area (TPSA) is 64.1 Å². The smallest absolute Gasteiger partial charge is 0.264 e. The van der Waals surface area contributed by atoms with Crippen molar-refractivity contribution in [3.8, 4) is 16.5 Å². The molecule has 0 aliphatic rings. The fourth-order valence-electron chi connectivity index (χ4n) is 1.83. The molecule has 0 unspecified atom stereocenters. The van der Waals surface area contributed by atoms with Crippen LogP contribution in [0.1, 0.15) is 5.56 Å². The molecule has 0 bridgehead atoms. The van der Waals surface area contributed by atoms with Crippen LogP contribution in [0.15, 0.2) is 40.2 Å². The van der Waals surface area contributed by atoms with E-state index >= 15 is 0 Å². The van der Waals surface area contributed by atoms with Crippen molar-refractivity contribution in [2.45, 2.75) is 6.92 Å². The van der Waals surface area contributed by atoms with E-state index < -0.39 is 0 Å². The number of carbonyl (C=O) groups is 1. The second-order valence-electron chi connectivity index (χ2n) is 4.63. The number of anilines is 1. The number of thiophene rings is 1. The molecular weight excluding hydrogens is 398 g/mol. The highest BCUT2D eigenvalue weighted by atomic mass is 79.9. The summed E-state index contributed by atoms with van der Waals surface area (Å²) in [7, 11) is 0. The molecule has 1 amide bonds. The van der Waals surface area contributed by atoms with E-state index in [4.69, 9.17) is 4.74 Å². The molecule has 0 radical (unpaired) electrons. The fourth-order valence-corrected chi connectivity index (χ4v) is 3.80. The minimum atomic E-state index is -0.261. The highest BCUT2D eigenvalue weighted by Crippen LogP contribution is 2.31. The first kappa shape index (κ1) is 16.1. The van der Waals surface area contributed by atoms with Gasteiger partial charge in [-0.15, -0.1) is 11.3 Å². The number of nitrogens with one attached hydrogen (secondary N) is 1. The molecule has 118 valence electrons. The van der Waals surface area contributed by atoms with Gasteiger partial charge in [-0.1, -0.05) is 18.2 Å². The maximum atomic E-state index is 11.9. The molecule has 5 nitrogen and oxygen atoms in total. The number of hydrogen-bond acceptors (Lipinski definition) is 6. The number of nitrogens with zero attached hydrogens (tertiary/aromatic N) is 2. The molecule has 8 heteroatoms. The lowest BCUT2D eigenvalue weighted by Gasteiger charge is -2.07. The van der Waals surface area contributed by atoms with Gasteiger partial charge in [0.25, 0.3) is 5.91 Å². The van der Waals surface area contributed by atoms with Crippen LogP contribution in [0.5, 0.6) is 5.75 Å². The third kappa shape index (κ3) is 4.15. The standard InChI is InChI=1S/C15H12BrN3O2S2/c1-9-4-2-3-5-10(9)21-8-13(20)17-15-18-14(19-23-15)11-6-7-12(16)22-11/h2-7H,8H2,1H3,(H,17,18,19,20). The zero-order valence-electron chi connectivity index (χ0n) is 12.1. The van der Waals surface area contributed by atoms with Crippen LogP contribution >= 0.6 is 38.8 Å². The van der Waals surface area contributed by atoms with E-state index in [0.29, 0.717) is 16.7 Å². The van der Waals surface area contributed by atoms with Gasteiger partial charge in [0.15, 0.2) is 12.4 Å². The van der Waals surface area contributed by atoms with Crippen LogP contribution in [-0.4, -0.2) is 21.9 Å². The van der Waals surface area contributed by atoms with Crippen LogP contribution in [0.2, 0.25) is 0 Å². The molecule has 0 fully saturated rings. The molecule has 0 saturated heterocycles. The lowest BCUT2D eigenvalue weighted by molar-refractivity contribution is -0.118. The molecule has 1 N–H and O–H groups in total. The third-order valence-electron chi connectivity index (χ3n) is 2.92. The Kier molecular flexibility index (Phi) is 5.04. The van der Waals surface area contributed by atoms with Crippen molar-refractivity contribution < 1.29 is 9.53 Å². The van der Waals surface area contributed by atoms with Crippen LogP contribution in [-0.2, 0) is 4.79 Å². The van der Waals surface area contributed by atoms with E-state index in [9.17, 15) is 4.79 Å². The van der Waals surface area contributed by atoms with Crippen LogP contribution in [0, 0.1) is 6.92 Å². The molecule has 0 spiro atoms. The maximum Gasteiger partial charge on any atom is 0.264 e. The zero-order chi connectivity index (χ0) is 16.2. The van der Waals surface area contributed by atoms with Gasteiger partial charge in [0.1, 0.15) is 5.75 Å². The van der Waals surface area contributed by atoms with Gasteiger partial charge in [-0.25, -0.2) is 0 Å². The lowest BCUT2D eigenvalue weighted by Crippen LogP contribution is -2.20. The summed E-state index contributed by atoms with van der Waals surface area (Å²) in [6.45, 7) is 1.87. The number of ether oxygens (including phenoxy) is 1. The van der Waals surface area contributed by atoms with Crippen molar-refractivity contribution >= 4 is 49.8 Å². The van der Waals surface area contributed by atoms with Gasteiger partial charge in [0.2, 0.25) is 5.13 Å². The molecule has 0 aliphatic carbocycles. The van der Waals surface area contributed by atoms with Gasteiger partial charge in [0, 0.05) is 11.5 Å².